The monoisotopic (exact) mass is 345 g/mol. The van der Waals surface area contributed by atoms with Gasteiger partial charge in [-0.05, 0) is 41.8 Å². The second-order valence-corrected chi connectivity index (χ2v) is 5.42. The fraction of sp³-hybridized carbons (Fsp3) is 0.143. The zero-order valence-corrected chi connectivity index (χ0v) is 12.2. The van der Waals surface area contributed by atoms with Crippen molar-refractivity contribution in [1.82, 2.24) is 0 Å². The number of rotatable bonds is 3. The van der Waals surface area contributed by atoms with E-state index in [1.807, 2.05) is 0 Å². The first-order valence-corrected chi connectivity index (χ1v) is 6.79. The van der Waals surface area contributed by atoms with E-state index in [4.69, 9.17) is 17.3 Å². The Morgan fingerprint density at radius 2 is 1.95 bits per heavy atom. The van der Waals surface area contributed by atoms with Crippen molar-refractivity contribution in [3.8, 4) is 0 Å². The Hall–Kier alpha value is -0.970. The number of hydrogen-bond acceptors (Lipinski definition) is 1. The van der Waals surface area contributed by atoms with E-state index in [0.29, 0.717) is 22.0 Å². The molecular formula is C14H11BrClF2N. The molecule has 19 heavy (non-hydrogen) atoms. The summed E-state index contributed by atoms with van der Waals surface area (Å²) < 4.78 is 27.3. The molecule has 2 aromatic carbocycles. The van der Waals surface area contributed by atoms with E-state index in [2.05, 4.69) is 15.9 Å². The van der Waals surface area contributed by atoms with Crippen LogP contribution in [0.5, 0.6) is 0 Å². The van der Waals surface area contributed by atoms with Gasteiger partial charge in [-0.3, -0.25) is 0 Å². The van der Waals surface area contributed by atoms with Crippen LogP contribution >= 0.6 is 27.5 Å². The average Bonchev–Trinajstić information content (AvgIpc) is 2.38. The van der Waals surface area contributed by atoms with Crippen LogP contribution in [0, 0.1) is 11.6 Å². The highest BCUT2D eigenvalue weighted by Gasteiger charge is 2.14. The molecule has 0 saturated heterocycles. The van der Waals surface area contributed by atoms with Gasteiger partial charge < -0.3 is 5.73 Å². The molecule has 1 nitrogen and oxygen atoms in total. The summed E-state index contributed by atoms with van der Waals surface area (Å²) in [6.07, 6.45) is 0.332. The predicted molar refractivity (Wildman–Crippen MR) is 76.1 cm³/mol. The maximum atomic E-state index is 13.3. The largest absolute Gasteiger partial charge is 0.324 e. The summed E-state index contributed by atoms with van der Waals surface area (Å²) in [7, 11) is 0. The highest BCUT2D eigenvalue weighted by molar-refractivity contribution is 9.10. The summed E-state index contributed by atoms with van der Waals surface area (Å²) in [5.74, 6) is -0.844. The summed E-state index contributed by atoms with van der Waals surface area (Å²) in [5, 5.41) is 0.0606. The molecule has 1 atom stereocenters. The zero-order valence-electron chi connectivity index (χ0n) is 9.84. The molecule has 0 aliphatic heterocycles. The number of benzene rings is 2. The molecule has 2 aromatic rings. The van der Waals surface area contributed by atoms with Gasteiger partial charge in [0.1, 0.15) is 11.6 Å². The van der Waals surface area contributed by atoms with Gasteiger partial charge in [-0.15, -0.1) is 0 Å². The van der Waals surface area contributed by atoms with Gasteiger partial charge in [0.2, 0.25) is 0 Å². The van der Waals surface area contributed by atoms with Gasteiger partial charge in [-0.25, -0.2) is 8.78 Å². The van der Waals surface area contributed by atoms with Crippen LogP contribution in [0.1, 0.15) is 17.2 Å². The van der Waals surface area contributed by atoms with Gasteiger partial charge in [0, 0.05) is 10.5 Å². The first kappa shape index (κ1) is 14.4. The fourth-order valence-corrected chi connectivity index (χ4v) is 2.60. The Morgan fingerprint density at radius 1 is 1.21 bits per heavy atom. The van der Waals surface area contributed by atoms with Crippen molar-refractivity contribution in [2.45, 2.75) is 12.5 Å². The van der Waals surface area contributed by atoms with E-state index in [1.54, 1.807) is 18.2 Å². The van der Waals surface area contributed by atoms with E-state index in [1.165, 1.54) is 18.2 Å². The minimum Gasteiger partial charge on any atom is -0.324 e. The Kier molecular flexibility index (Phi) is 4.55. The van der Waals surface area contributed by atoms with Crippen molar-refractivity contribution in [2.24, 2.45) is 5.73 Å². The van der Waals surface area contributed by atoms with Gasteiger partial charge >= 0.3 is 0 Å². The molecule has 5 heteroatoms. The number of hydrogen-bond donors (Lipinski definition) is 1. The van der Waals surface area contributed by atoms with Crippen molar-refractivity contribution >= 4 is 27.5 Å². The summed E-state index contributed by atoms with van der Waals surface area (Å²) in [6.45, 7) is 0. The number of halogens is 4. The Morgan fingerprint density at radius 3 is 2.68 bits per heavy atom. The van der Waals surface area contributed by atoms with Crippen LogP contribution in [0.3, 0.4) is 0 Å². The maximum Gasteiger partial charge on any atom is 0.142 e. The smallest absolute Gasteiger partial charge is 0.142 e. The van der Waals surface area contributed by atoms with Crippen LogP contribution in [0.4, 0.5) is 8.78 Å². The predicted octanol–water partition coefficient (Wildman–Crippen LogP) is 4.62. The lowest BCUT2D eigenvalue weighted by Gasteiger charge is -2.15. The minimum absolute atomic E-state index is 0.0606. The first-order valence-electron chi connectivity index (χ1n) is 5.62. The van der Waals surface area contributed by atoms with Crippen LogP contribution in [-0.2, 0) is 6.42 Å². The third-order valence-electron chi connectivity index (χ3n) is 2.83. The highest BCUT2D eigenvalue weighted by Crippen LogP contribution is 2.28. The van der Waals surface area contributed by atoms with Crippen LogP contribution in [0.25, 0.3) is 0 Å². The van der Waals surface area contributed by atoms with Crippen molar-refractivity contribution < 1.29 is 8.78 Å². The average molecular weight is 347 g/mol. The fourth-order valence-electron chi connectivity index (χ4n) is 1.85. The SMILES string of the molecule is NC(Cc1cccc(F)c1Cl)c1cc(F)ccc1Br. The van der Waals surface area contributed by atoms with Gasteiger partial charge in [-0.1, -0.05) is 39.7 Å². The quantitative estimate of drug-likeness (QED) is 0.862. The molecule has 0 amide bonds. The van der Waals surface area contributed by atoms with Crippen LogP contribution in [0.2, 0.25) is 5.02 Å². The van der Waals surface area contributed by atoms with Gasteiger partial charge in [-0.2, -0.15) is 0 Å². The molecule has 0 fully saturated rings. The molecule has 0 saturated carbocycles. The topological polar surface area (TPSA) is 26.0 Å². The van der Waals surface area contributed by atoms with E-state index in [9.17, 15) is 8.78 Å². The molecule has 0 heterocycles. The van der Waals surface area contributed by atoms with E-state index in [-0.39, 0.29) is 10.8 Å². The third-order valence-corrected chi connectivity index (χ3v) is 3.97. The molecule has 100 valence electrons. The third kappa shape index (κ3) is 3.32. The summed E-state index contributed by atoms with van der Waals surface area (Å²) in [6, 6.07) is 8.40. The molecule has 2 rings (SSSR count). The molecule has 0 aliphatic carbocycles. The normalized spacial score (nSPS) is 12.5. The molecule has 0 bridgehead atoms. The minimum atomic E-state index is -0.482. The first-order chi connectivity index (χ1) is 8.99. The Balaban J connectivity index is 2.28. The van der Waals surface area contributed by atoms with Gasteiger partial charge in [0.05, 0.1) is 5.02 Å². The summed E-state index contributed by atoms with van der Waals surface area (Å²) >= 11 is 9.20. The molecule has 1 unspecified atom stereocenters. The van der Waals surface area contributed by atoms with Crippen LogP contribution in [-0.4, -0.2) is 0 Å². The van der Waals surface area contributed by atoms with E-state index >= 15 is 0 Å². The molecule has 0 aromatic heterocycles. The van der Waals surface area contributed by atoms with Gasteiger partial charge in [0.25, 0.3) is 0 Å². The van der Waals surface area contributed by atoms with Crippen molar-refractivity contribution in [3.63, 3.8) is 0 Å². The van der Waals surface area contributed by atoms with Crippen molar-refractivity contribution in [1.29, 1.82) is 0 Å². The van der Waals surface area contributed by atoms with E-state index < -0.39 is 11.9 Å². The zero-order chi connectivity index (χ0) is 14.0. The van der Waals surface area contributed by atoms with Crippen molar-refractivity contribution in [2.75, 3.05) is 0 Å². The molecular weight excluding hydrogens is 336 g/mol. The summed E-state index contributed by atoms with van der Waals surface area (Å²) in [4.78, 5) is 0. The molecule has 0 radical (unpaired) electrons. The van der Waals surface area contributed by atoms with Crippen LogP contribution < -0.4 is 5.73 Å². The number of nitrogens with two attached hydrogens (primary N) is 1. The maximum absolute atomic E-state index is 13.3. The Labute approximate surface area is 123 Å². The lowest BCUT2D eigenvalue weighted by molar-refractivity contribution is 0.613. The molecule has 0 aliphatic rings. The second-order valence-electron chi connectivity index (χ2n) is 4.19. The standard InChI is InChI=1S/C14H11BrClF2N/c15-11-5-4-9(17)7-10(11)13(19)6-8-2-1-3-12(18)14(8)16/h1-5,7,13H,6,19H2. The second kappa shape index (κ2) is 5.99. The lowest BCUT2D eigenvalue weighted by Crippen LogP contribution is -2.14. The summed E-state index contributed by atoms with van der Waals surface area (Å²) in [5.41, 5.74) is 7.27. The molecule has 2 N–H and O–H groups in total. The van der Waals surface area contributed by atoms with Gasteiger partial charge in [0.15, 0.2) is 0 Å². The van der Waals surface area contributed by atoms with Crippen molar-refractivity contribution in [3.05, 3.63) is 68.7 Å². The van der Waals surface area contributed by atoms with E-state index in [0.717, 1.165) is 0 Å². The molecule has 0 spiro atoms. The highest BCUT2D eigenvalue weighted by atomic mass is 79.9. The van der Waals surface area contributed by atoms with Crippen LogP contribution in [0.15, 0.2) is 40.9 Å². The lowest BCUT2D eigenvalue weighted by atomic mass is 9.99. The Bertz CT molecular complexity index is 604.